The van der Waals surface area contributed by atoms with Crippen LogP contribution in [0.2, 0.25) is 0 Å². The van der Waals surface area contributed by atoms with E-state index in [0.717, 1.165) is 15.6 Å². The Morgan fingerprint density at radius 3 is 2.58 bits per heavy atom. The number of hydrogen-bond acceptors (Lipinski definition) is 2. The van der Waals surface area contributed by atoms with E-state index in [-0.39, 0.29) is 11.9 Å². The molecule has 0 spiro atoms. The van der Waals surface area contributed by atoms with E-state index in [9.17, 15) is 4.39 Å². The number of hydrazine groups is 1. The van der Waals surface area contributed by atoms with Gasteiger partial charge in [-0.2, -0.15) is 0 Å². The second-order valence-corrected chi connectivity index (χ2v) is 5.90. The molecule has 2 nitrogen and oxygen atoms in total. The van der Waals surface area contributed by atoms with Crippen LogP contribution in [0.15, 0.2) is 51.4 Å². The zero-order valence-electron chi connectivity index (χ0n) is 10.0. The molecule has 3 N–H and O–H groups in total. The van der Waals surface area contributed by atoms with E-state index < -0.39 is 0 Å². The lowest BCUT2D eigenvalue weighted by molar-refractivity contribution is 0.546. The summed E-state index contributed by atoms with van der Waals surface area (Å²) in [4.78, 5) is 0. The van der Waals surface area contributed by atoms with Crippen molar-refractivity contribution in [2.45, 2.75) is 12.5 Å². The van der Waals surface area contributed by atoms with Gasteiger partial charge in [0.25, 0.3) is 0 Å². The van der Waals surface area contributed by atoms with Gasteiger partial charge in [-0.3, -0.25) is 11.3 Å². The van der Waals surface area contributed by atoms with Crippen LogP contribution in [0.25, 0.3) is 0 Å². The molecule has 2 rings (SSSR count). The molecule has 0 bridgehead atoms. The first kappa shape index (κ1) is 14.7. The van der Waals surface area contributed by atoms with E-state index in [1.54, 1.807) is 6.07 Å². The molecule has 1 unspecified atom stereocenters. The minimum atomic E-state index is -0.262. The molecule has 0 amide bonds. The lowest BCUT2D eigenvalue weighted by atomic mass is 9.99. The number of benzene rings is 2. The Bertz CT molecular complexity index is 575. The molecular weight excluding hydrogens is 375 g/mol. The number of hydrogen-bond donors (Lipinski definition) is 2. The lowest BCUT2D eigenvalue weighted by Crippen LogP contribution is -2.29. The van der Waals surface area contributed by atoms with Gasteiger partial charge in [-0.25, -0.2) is 4.39 Å². The Morgan fingerprint density at radius 2 is 1.89 bits per heavy atom. The fraction of sp³-hybridized carbons (Fsp3) is 0.143. The highest BCUT2D eigenvalue weighted by atomic mass is 79.9. The van der Waals surface area contributed by atoms with Crippen LogP contribution in [-0.2, 0) is 6.42 Å². The maximum absolute atomic E-state index is 13.5. The van der Waals surface area contributed by atoms with Crippen LogP contribution in [0.5, 0.6) is 0 Å². The second-order valence-electron chi connectivity index (χ2n) is 4.19. The molecule has 1 atom stereocenters. The minimum absolute atomic E-state index is 0.0735. The zero-order valence-corrected chi connectivity index (χ0v) is 13.2. The molecule has 0 heterocycles. The van der Waals surface area contributed by atoms with Crippen LogP contribution in [-0.4, -0.2) is 0 Å². The summed E-state index contributed by atoms with van der Waals surface area (Å²) in [5, 5.41) is 0. The van der Waals surface area contributed by atoms with Crippen LogP contribution in [0, 0.1) is 5.82 Å². The van der Waals surface area contributed by atoms with Crippen LogP contribution >= 0.6 is 31.9 Å². The van der Waals surface area contributed by atoms with Crippen molar-refractivity contribution in [3.63, 3.8) is 0 Å². The Kier molecular flexibility index (Phi) is 5.10. The predicted molar refractivity (Wildman–Crippen MR) is 82.0 cm³/mol. The molecule has 0 aliphatic rings. The fourth-order valence-electron chi connectivity index (χ4n) is 1.92. The quantitative estimate of drug-likeness (QED) is 0.612. The van der Waals surface area contributed by atoms with E-state index in [1.807, 2.05) is 30.3 Å². The van der Waals surface area contributed by atoms with Gasteiger partial charge in [0.05, 0.1) is 10.5 Å². The van der Waals surface area contributed by atoms with Gasteiger partial charge in [0.15, 0.2) is 0 Å². The summed E-state index contributed by atoms with van der Waals surface area (Å²) < 4.78 is 15.0. The third-order valence-electron chi connectivity index (χ3n) is 2.91. The van der Waals surface area contributed by atoms with Crippen molar-refractivity contribution in [3.8, 4) is 0 Å². The first-order valence-electron chi connectivity index (χ1n) is 5.76. The van der Waals surface area contributed by atoms with Gasteiger partial charge in [0, 0.05) is 4.47 Å². The fourth-order valence-corrected chi connectivity index (χ4v) is 2.77. The average Bonchev–Trinajstić information content (AvgIpc) is 2.40. The van der Waals surface area contributed by atoms with Crippen molar-refractivity contribution < 1.29 is 4.39 Å². The molecule has 0 fully saturated rings. The Morgan fingerprint density at radius 1 is 1.16 bits per heavy atom. The number of nitrogens with two attached hydrogens (primary N) is 1. The molecule has 19 heavy (non-hydrogen) atoms. The van der Waals surface area contributed by atoms with Crippen LogP contribution in [0.1, 0.15) is 17.2 Å². The van der Waals surface area contributed by atoms with Gasteiger partial charge in [-0.15, -0.1) is 0 Å². The molecule has 2 aromatic rings. The van der Waals surface area contributed by atoms with Gasteiger partial charge in [0.1, 0.15) is 5.82 Å². The van der Waals surface area contributed by atoms with Gasteiger partial charge >= 0.3 is 0 Å². The summed E-state index contributed by atoms with van der Waals surface area (Å²) >= 11 is 6.71. The molecule has 0 aliphatic carbocycles. The summed E-state index contributed by atoms with van der Waals surface area (Å²) in [6.07, 6.45) is 0.602. The standard InChI is InChI=1S/C14H13Br2FN2/c15-11-5-1-3-9(7-11)13(19-18)8-10-4-2-6-12(17)14(10)16/h1-7,13,19H,8,18H2. The lowest BCUT2D eigenvalue weighted by Gasteiger charge is -2.17. The van der Waals surface area contributed by atoms with Gasteiger partial charge < -0.3 is 0 Å². The van der Waals surface area contributed by atoms with E-state index >= 15 is 0 Å². The van der Waals surface area contributed by atoms with E-state index in [2.05, 4.69) is 37.3 Å². The SMILES string of the molecule is NNC(Cc1cccc(F)c1Br)c1cccc(Br)c1. The van der Waals surface area contributed by atoms with Crippen molar-refractivity contribution in [1.29, 1.82) is 0 Å². The second kappa shape index (κ2) is 6.61. The molecule has 5 heteroatoms. The molecule has 0 aromatic heterocycles. The highest BCUT2D eigenvalue weighted by Gasteiger charge is 2.14. The van der Waals surface area contributed by atoms with E-state index in [4.69, 9.17) is 5.84 Å². The normalized spacial score (nSPS) is 12.4. The first-order chi connectivity index (χ1) is 9.11. The van der Waals surface area contributed by atoms with E-state index in [1.165, 1.54) is 6.07 Å². The Labute approximate surface area is 128 Å². The molecule has 0 aliphatic heterocycles. The average molecular weight is 388 g/mol. The van der Waals surface area contributed by atoms with Crippen molar-refractivity contribution in [1.82, 2.24) is 5.43 Å². The van der Waals surface area contributed by atoms with Gasteiger partial charge in [-0.05, 0) is 51.7 Å². The summed E-state index contributed by atoms with van der Waals surface area (Å²) in [5.41, 5.74) is 4.70. The summed E-state index contributed by atoms with van der Waals surface area (Å²) in [6, 6.07) is 12.8. The van der Waals surface area contributed by atoms with Gasteiger partial charge in [-0.1, -0.05) is 40.2 Å². The first-order valence-corrected chi connectivity index (χ1v) is 7.35. The molecular formula is C14H13Br2FN2. The predicted octanol–water partition coefficient (Wildman–Crippen LogP) is 4.10. The van der Waals surface area contributed by atoms with Crippen LogP contribution in [0.3, 0.4) is 0 Å². The summed E-state index contributed by atoms with van der Waals surface area (Å²) in [6.45, 7) is 0. The molecule has 0 saturated heterocycles. The van der Waals surface area contributed by atoms with Crippen molar-refractivity contribution in [2.24, 2.45) is 5.84 Å². The highest BCUT2D eigenvalue weighted by Crippen LogP contribution is 2.26. The third kappa shape index (κ3) is 3.63. The van der Waals surface area contributed by atoms with Crippen LogP contribution in [0.4, 0.5) is 4.39 Å². The van der Waals surface area contributed by atoms with Crippen molar-refractivity contribution >= 4 is 31.9 Å². The molecule has 0 radical (unpaired) electrons. The minimum Gasteiger partial charge on any atom is -0.271 e. The molecule has 100 valence electrons. The Balaban J connectivity index is 2.26. The third-order valence-corrected chi connectivity index (χ3v) is 4.29. The van der Waals surface area contributed by atoms with Crippen molar-refractivity contribution in [3.05, 3.63) is 68.4 Å². The topological polar surface area (TPSA) is 38.0 Å². The largest absolute Gasteiger partial charge is 0.271 e. The number of halogens is 3. The number of nitrogens with one attached hydrogen (secondary N) is 1. The number of rotatable bonds is 4. The summed E-state index contributed by atoms with van der Waals surface area (Å²) in [5.74, 6) is 5.35. The monoisotopic (exact) mass is 386 g/mol. The maximum atomic E-state index is 13.5. The summed E-state index contributed by atoms with van der Waals surface area (Å²) in [7, 11) is 0. The molecule has 2 aromatic carbocycles. The van der Waals surface area contributed by atoms with E-state index in [0.29, 0.717) is 10.9 Å². The van der Waals surface area contributed by atoms with Gasteiger partial charge in [0.2, 0.25) is 0 Å². The maximum Gasteiger partial charge on any atom is 0.137 e. The Hall–Kier alpha value is -0.750. The smallest absolute Gasteiger partial charge is 0.137 e. The zero-order chi connectivity index (χ0) is 13.8. The van der Waals surface area contributed by atoms with Crippen molar-refractivity contribution in [2.75, 3.05) is 0 Å². The molecule has 0 saturated carbocycles. The highest BCUT2D eigenvalue weighted by molar-refractivity contribution is 9.10. The van der Waals surface area contributed by atoms with Crippen LogP contribution < -0.4 is 11.3 Å².